The van der Waals surface area contributed by atoms with Gasteiger partial charge >= 0.3 is 0 Å². The number of furan rings is 1. The maximum atomic E-state index is 5.76. The molecule has 1 saturated carbocycles. The molecule has 0 amide bonds. The summed E-state index contributed by atoms with van der Waals surface area (Å²) in [6.07, 6.45) is 2.59. The Bertz CT molecular complexity index is 567. The summed E-state index contributed by atoms with van der Waals surface area (Å²) >= 11 is 0. The lowest BCUT2D eigenvalue weighted by atomic mass is 10.0. The Hall–Kier alpha value is -1.74. The smallest absolute Gasteiger partial charge is 0.146 e. The zero-order chi connectivity index (χ0) is 14.7. The van der Waals surface area contributed by atoms with Crippen LogP contribution in [-0.4, -0.2) is 6.04 Å². The molecule has 21 heavy (non-hydrogen) atoms. The molecule has 0 aliphatic heterocycles. The molecule has 2 aromatic rings. The molecule has 0 radical (unpaired) electrons. The second kappa shape index (κ2) is 6.35. The maximum Gasteiger partial charge on any atom is 0.146 e. The van der Waals surface area contributed by atoms with Crippen molar-refractivity contribution in [3.05, 3.63) is 53.5 Å². The number of hydrogen-bond acceptors (Lipinski definition) is 3. The number of hydrogen-bond donors (Lipinski definition) is 1. The monoisotopic (exact) mass is 285 g/mol. The molecule has 3 nitrogen and oxygen atoms in total. The minimum atomic E-state index is 0.477. The Morgan fingerprint density at radius 3 is 2.48 bits per heavy atom. The summed E-state index contributed by atoms with van der Waals surface area (Å²) in [5, 5.41) is 3.44. The van der Waals surface area contributed by atoms with Gasteiger partial charge in [-0.15, -0.1) is 0 Å². The number of benzene rings is 1. The first-order valence-corrected chi connectivity index (χ1v) is 7.74. The third kappa shape index (κ3) is 4.11. The molecule has 0 atom stereocenters. The van der Waals surface area contributed by atoms with E-state index >= 15 is 0 Å². The Morgan fingerprint density at radius 2 is 1.81 bits per heavy atom. The average molecular weight is 285 g/mol. The van der Waals surface area contributed by atoms with Crippen molar-refractivity contribution in [2.24, 2.45) is 0 Å². The van der Waals surface area contributed by atoms with Gasteiger partial charge < -0.3 is 14.5 Å². The summed E-state index contributed by atoms with van der Waals surface area (Å²) in [6.45, 7) is 5.67. The fourth-order valence-electron chi connectivity index (χ4n) is 2.23. The Labute approximate surface area is 126 Å². The SMILES string of the molecule is CC(C)c1ccc(OCc2ccc(CNC3CC3)o2)cc1. The predicted molar refractivity (Wildman–Crippen MR) is 83.4 cm³/mol. The number of rotatable bonds is 7. The summed E-state index contributed by atoms with van der Waals surface area (Å²) in [5.41, 5.74) is 1.33. The van der Waals surface area contributed by atoms with E-state index in [0.717, 1.165) is 23.8 Å². The standard InChI is InChI=1S/C18H23NO2/c1-13(2)14-3-7-16(8-4-14)20-12-18-10-9-17(21-18)11-19-15-5-6-15/h3-4,7-10,13,15,19H,5-6,11-12H2,1-2H3. The fraction of sp³-hybridized carbons (Fsp3) is 0.444. The van der Waals surface area contributed by atoms with Gasteiger partial charge in [0, 0.05) is 6.04 Å². The van der Waals surface area contributed by atoms with Gasteiger partial charge in [0.05, 0.1) is 6.54 Å². The van der Waals surface area contributed by atoms with E-state index in [1.807, 2.05) is 24.3 Å². The molecule has 0 saturated heterocycles. The van der Waals surface area contributed by atoms with Crippen LogP contribution in [0.2, 0.25) is 0 Å². The molecule has 1 aliphatic carbocycles. The van der Waals surface area contributed by atoms with E-state index in [-0.39, 0.29) is 0 Å². The second-order valence-electron chi connectivity index (χ2n) is 6.04. The molecular weight excluding hydrogens is 262 g/mol. The van der Waals surface area contributed by atoms with Gasteiger partial charge in [-0.1, -0.05) is 26.0 Å². The molecule has 1 N–H and O–H groups in total. The average Bonchev–Trinajstić information content (AvgIpc) is 3.21. The van der Waals surface area contributed by atoms with E-state index in [9.17, 15) is 0 Å². The van der Waals surface area contributed by atoms with Crippen LogP contribution in [0.1, 0.15) is 49.7 Å². The van der Waals surface area contributed by atoms with Gasteiger partial charge in [-0.2, -0.15) is 0 Å². The van der Waals surface area contributed by atoms with E-state index in [2.05, 4.69) is 31.3 Å². The highest BCUT2D eigenvalue weighted by molar-refractivity contribution is 5.29. The van der Waals surface area contributed by atoms with Gasteiger partial charge in [-0.05, 0) is 48.6 Å². The van der Waals surface area contributed by atoms with Crippen LogP contribution in [0.3, 0.4) is 0 Å². The van der Waals surface area contributed by atoms with E-state index in [1.165, 1.54) is 18.4 Å². The second-order valence-corrected chi connectivity index (χ2v) is 6.04. The van der Waals surface area contributed by atoms with Crippen LogP contribution >= 0.6 is 0 Å². The summed E-state index contributed by atoms with van der Waals surface area (Å²) < 4.78 is 11.5. The summed E-state index contributed by atoms with van der Waals surface area (Å²) in [5.74, 6) is 3.28. The largest absolute Gasteiger partial charge is 0.486 e. The van der Waals surface area contributed by atoms with Crippen molar-refractivity contribution in [3.8, 4) is 5.75 Å². The highest BCUT2D eigenvalue weighted by Crippen LogP contribution is 2.21. The van der Waals surface area contributed by atoms with Crippen LogP contribution in [-0.2, 0) is 13.2 Å². The van der Waals surface area contributed by atoms with Gasteiger partial charge in [0.2, 0.25) is 0 Å². The minimum Gasteiger partial charge on any atom is -0.486 e. The van der Waals surface area contributed by atoms with Crippen LogP contribution in [0.4, 0.5) is 0 Å². The predicted octanol–water partition coefficient (Wildman–Crippen LogP) is 4.23. The number of ether oxygens (including phenoxy) is 1. The van der Waals surface area contributed by atoms with Crippen molar-refractivity contribution in [1.29, 1.82) is 0 Å². The zero-order valence-corrected chi connectivity index (χ0v) is 12.8. The molecule has 3 rings (SSSR count). The molecule has 112 valence electrons. The van der Waals surface area contributed by atoms with Gasteiger partial charge in [-0.3, -0.25) is 0 Å². The highest BCUT2D eigenvalue weighted by Gasteiger charge is 2.20. The van der Waals surface area contributed by atoms with Crippen molar-refractivity contribution in [2.75, 3.05) is 0 Å². The third-order valence-electron chi connectivity index (χ3n) is 3.79. The first-order valence-electron chi connectivity index (χ1n) is 7.74. The van der Waals surface area contributed by atoms with Crippen molar-refractivity contribution >= 4 is 0 Å². The van der Waals surface area contributed by atoms with Gasteiger partial charge in [-0.25, -0.2) is 0 Å². The first kappa shape index (κ1) is 14.2. The maximum absolute atomic E-state index is 5.76. The van der Waals surface area contributed by atoms with Crippen molar-refractivity contribution < 1.29 is 9.15 Å². The molecule has 0 bridgehead atoms. The van der Waals surface area contributed by atoms with Crippen molar-refractivity contribution in [2.45, 2.75) is 51.8 Å². The summed E-state index contributed by atoms with van der Waals surface area (Å²) in [7, 11) is 0. The topological polar surface area (TPSA) is 34.4 Å². The van der Waals surface area contributed by atoms with E-state index in [1.54, 1.807) is 0 Å². The molecule has 1 aliphatic rings. The lowest BCUT2D eigenvalue weighted by molar-refractivity contribution is 0.265. The molecule has 0 spiro atoms. The van der Waals surface area contributed by atoms with Crippen LogP contribution in [0.25, 0.3) is 0 Å². The van der Waals surface area contributed by atoms with Crippen LogP contribution < -0.4 is 10.1 Å². The molecule has 1 aromatic carbocycles. The Morgan fingerprint density at radius 1 is 1.10 bits per heavy atom. The van der Waals surface area contributed by atoms with E-state index < -0.39 is 0 Å². The third-order valence-corrected chi connectivity index (χ3v) is 3.79. The van der Waals surface area contributed by atoms with Crippen LogP contribution in [0, 0.1) is 0 Å². The highest BCUT2D eigenvalue weighted by atomic mass is 16.5. The van der Waals surface area contributed by atoms with Crippen LogP contribution in [0.15, 0.2) is 40.8 Å². The van der Waals surface area contributed by atoms with E-state index in [0.29, 0.717) is 18.6 Å². The van der Waals surface area contributed by atoms with Gasteiger partial charge in [0.25, 0.3) is 0 Å². The van der Waals surface area contributed by atoms with Crippen molar-refractivity contribution in [1.82, 2.24) is 5.32 Å². The minimum absolute atomic E-state index is 0.477. The molecule has 3 heteroatoms. The Kier molecular flexibility index (Phi) is 4.30. The van der Waals surface area contributed by atoms with Crippen LogP contribution in [0.5, 0.6) is 5.75 Å². The zero-order valence-electron chi connectivity index (χ0n) is 12.8. The molecule has 1 aromatic heterocycles. The lowest BCUT2D eigenvalue weighted by Crippen LogP contribution is -2.14. The fourth-order valence-corrected chi connectivity index (χ4v) is 2.23. The normalized spacial score (nSPS) is 14.6. The molecule has 0 unspecified atom stereocenters. The molecular formula is C18H23NO2. The van der Waals surface area contributed by atoms with E-state index in [4.69, 9.17) is 9.15 Å². The molecule has 1 fully saturated rings. The number of nitrogens with one attached hydrogen (secondary N) is 1. The summed E-state index contributed by atoms with van der Waals surface area (Å²) in [6, 6.07) is 13.0. The first-order chi connectivity index (χ1) is 10.2. The van der Waals surface area contributed by atoms with Crippen molar-refractivity contribution in [3.63, 3.8) is 0 Å². The molecule has 1 heterocycles. The lowest BCUT2D eigenvalue weighted by Gasteiger charge is -2.08. The summed E-state index contributed by atoms with van der Waals surface area (Å²) in [4.78, 5) is 0. The van der Waals surface area contributed by atoms with Gasteiger partial charge in [0.15, 0.2) is 0 Å². The quantitative estimate of drug-likeness (QED) is 0.826. The van der Waals surface area contributed by atoms with Gasteiger partial charge in [0.1, 0.15) is 23.9 Å². The Balaban J connectivity index is 1.49.